The Morgan fingerprint density at radius 2 is 1.86 bits per heavy atom. The molecule has 1 atom stereocenters. The van der Waals surface area contributed by atoms with E-state index < -0.39 is 0 Å². The molecule has 2 aromatic heterocycles. The van der Waals surface area contributed by atoms with E-state index in [9.17, 15) is 4.79 Å². The molecule has 0 aliphatic rings. The van der Waals surface area contributed by atoms with Crippen molar-refractivity contribution < 1.29 is 4.79 Å². The zero-order chi connectivity index (χ0) is 21.0. The average Bonchev–Trinajstić information content (AvgIpc) is 3.39. The fourth-order valence-corrected chi connectivity index (χ4v) is 4.18. The van der Waals surface area contributed by atoms with E-state index >= 15 is 0 Å². The van der Waals surface area contributed by atoms with Gasteiger partial charge in [0, 0.05) is 25.7 Å². The lowest BCUT2D eigenvalue weighted by Gasteiger charge is -2.29. The maximum atomic E-state index is 13.3. The molecule has 1 amide bonds. The summed E-state index contributed by atoms with van der Waals surface area (Å²) >= 11 is 1.50. The predicted octanol–water partition coefficient (Wildman–Crippen LogP) is 5.00. The van der Waals surface area contributed by atoms with E-state index in [2.05, 4.69) is 37.8 Å². The first-order valence-electron chi connectivity index (χ1n) is 10.2. The summed E-state index contributed by atoms with van der Waals surface area (Å²) in [5.41, 5.74) is 3.17. The maximum Gasteiger partial charge on any atom is 0.264 e. The second-order valence-corrected chi connectivity index (χ2v) is 8.36. The first-order valence-corrected chi connectivity index (χ1v) is 11.0. The van der Waals surface area contributed by atoms with Crippen LogP contribution < -0.4 is 4.90 Å². The number of benzene rings is 1. The van der Waals surface area contributed by atoms with Crippen LogP contribution in [0.2, 0.25) is 0 Å². The van der Waals surface area contributed by atoms with Gasteiger partial charge in [-0.15, -0.1) is 11.3 Å². The topological polar surface area (TPSA) is 41.4 Å². The lowest BCUT2D eigenvalue weighted by Crippen LogP contribution is -2.38. The van der Waals surface area contributed by atoms with Crippen molar-refractivity contribution in [2.75, 3.05) is 19.0 Å². The molecule has 0 saturated carbocycles. The zero-order valence-electron chi connectivity index (χ0n) is 17.9. The number of nitrogens with zero attached hydrogens (tertiary/aromatic N) is 4. The van der Waals surface area contributed by atoms with Gasteiger partial charge in [-0.3, -0.25) is 4.79 Å². The van der Waals surface area contributed by atoms with Crippen molar-refractivity contribution in [3.63, 3.8) is 0 Å². The van der Waals surface area contributed by atoms with Gasteiger partial charge >= 0.3 is 0 Å². The SMILES string of the molecule is CCc1nn(-c2ccccc2)c(N(C)C)c1CN(C(=O)c1cccs1)[C@H](C)CC. The van der Waals surface area contributed by atoms with Crippen molar-refractivity contribution in [3.05, 3.63) is 64.0 Å². The van der Waals surface area contributed by atoms with Gasteiger partial charge in [-0.1, -0.05) is 38.1 Å². The Morgan fingerprint density at radius 3 is 2.41 bits per heavy atom. The molecule has 154 valence electrons. The van der Waals surface area contributed by atoms with E-state index in [0.717, 1.165) is 40.5 Å². The van der Waals surface area contributed by atoms with Crippen LogP contribution in [0.25, 0.3) is 5.69 Å². The third-order valence-corrected chi connectivity index (χ3v) is 6.10. The van der Waals surface area contributed by atoms with Crippen LogP contribution >= 0.6 is 11.3 Å². The molecule has 6 heteroatoms. The molecule has 0 bridgehead atoms. The highest BCUT2D eigenvalue weighted by atomic mass is 32.1. The fraction of sp³-hybridized carbons (Fsp3) is 0.391. The third-order valence-electron chi connectivity index (χ3n) is 5.24. The number of aryl methyl sites for hydroxylation is 1. The molecule has 3 rings (SSSR count). The summed E-state index contributed by atoms with van der Waals surface area (Å²) in [7, 11) is 4.07. The standard InChI is InChI=1S/C23H30N4OS/c1-6-17(3)26(23(28)21-14-11-15-29-21)16-19-20(7-2)24-27(22(19)25(4)5)18-12-9-8-10-13-18/h8-15,17H,6-7,16H2,1-5H3/t17-/m1/s1. The van der Waals surface area contributed by atoms with Crippen LogP contribution in [0.4, 0.5) is 5.82 Å². The zero-order valence-corrected chi connectivity index (χ0v) is 18.7. The van der Waals surface area contributed by atoms with Gasteiger partial charge in [0.05, 0.1) is 22.8 Å². The first-order chi connectivity index (χ1) is 14.0. The van der Waals surface area contributed by atoms with E-state index in [1.807, 2.05) is 59.4 Å². The predicted molar refractivity (Wildman–Crippen MR) is 121 cm³/mol. The number of amides is 1. The summed E-state index contributed by atoms with van der Waals surface area (Å²) in [5.74, 6) is 1.12. The summed E-state index contributed by atoms with van der Waals surface area (Å²) in [4.78, 5) is 18.1. The highest BCUT2D eigenvalue weighted by molar-refractivity contribution is 7.12. The monoisotopic (exact) mass is 410 g/mol. The largest absolute Gasteiger partial charge is 0.362 e. The molecule has 0 aliphatic carbocycles. The molecule has 0 N–H and O–H groups in total. The number of carbonyl (C=O) groups excluding carboxylic acids is 1. The summed E-state index contributed by atoms with van der Waals surface area (Å²) in [6.07, 6.45) is 1.72. The minimum Gasteiger partial charge on any atom is -0.362 e. The smallest absolute Gasteiger partial charge is 0.264 e. The Hall–Kier alpha value is -2.60. The normalized spacial score (nSPS) is 12.0. The van der Waals surface area contributed by atoms with Gasteiger partial charge < -0.3 is 9.80 Å². The van der Waals surface area contributed by atoms with Crippen LogP contribution in [0, 0.1) is 0 Å². The minimum absolute atomic E-state index is 0.0913. The van der Waals surface area contributed by atoms with Crippen molar-refractivity contribution in [1.29, 1.82) is 0 Å². The molecule has 0 radical (unpaired) electrons. The molecule has 1 aromatic carbocycles. The Bertz CT molecular complexity index is 931. The molecule has 5 nitrogen and oxygen atoms in total. The molecular weight excluding hydrogens is 380 g/mol. The number of rotatable bonds is 8. The summed E-state index contributed by atoms with van der Waals surface area (Å²) in [5, 5.41) is 6.88. The van der Waals surface area contributed by atoms with Crippen molar-refractivity contribution in [3.8, 4) is 5.69 Å². The molecule has 0 saturated heterocycles. The number of aromatic nitrogens is 2. The molecule has 0 aliphatic heterocycles. The van der Waals surface area contributed by atoms with Crippen LogP contribution in [0.3, 0.4) is 0 Å². The van der Waals surface area contributed by atoms with Gasteiger partial charge in [-0.2, -0.15) is 5.10 Å². The summed E-state index contributed by atoms with van der Waals surface area (Å²) in [6, 6.07) is 14.2. The Labute approximate surface area is 177 Å². The Kier molecular flexibility index (Phi) is 6.75. The lowest BCUT2D eigenvalue weighted by molar-refractivity contribution is 0.0676. The van der Waals surface area contributed by atoms with Gasteiger partial charge in [0.1, 0.15) is 5.82 Å². The maximum absolute atomic E-state index is 13.3. The van der Waals surface area contributed by atoms with E-state index in [1.54, 1.807) is 0 Å². The highest BCUT2D eigenvalue weighted by Gasteiger charge is 2.27. The summed E-state index contributed by atoms with van der Waals surface area (Å²) in [6.45, 7) is 6.92. The van der Waals surface area contributed by atoms with E-state index in [-0.39, 0.29) is 11.9 Å². The van der Waals surface area contributed by atoms with E-state index in [0.29, 0.717) is 6.54 Å². The van der Waals surface area contributed by atoms with Gasteiger partial charge in [-0.05, 0) is 43.3 Å². The molecule has 0 spiro atoms. The minimum atomic E-state index is 0.0913. The van der Waals surface area contributed by atoms with Crippen molar-refractivity contribution in [2.45, 2.75) is 46.2 Å². The summed E-state index contributed by atoms with van der Waals surface area (Å²) < 4.78 is 2.00. The fourth-order valence-electron chi connectivity index (χ4n) is 3.50. The molecular formula is C23H30N4OS. The van der Waals surface area contributed by atoms with Gasteiger partial charge in [0.15, 0.2) is 0 Å². The average molecular weight is 411 g/mol. The van der Waals surface area contributed by atoms with Crippen LogP contribution in [0.15, 0.2) is 47.8 Å². The number of anilines is 1. The van der Waals surface area contributed by atoms with Crippen LogP contribution in [0.5, 0.6) is 0 Å². The number of carbonyl (C=O) groups is 1. The van der Waals surface area contributed by atoms with Crippen molar-refractivity contribution in [2.24, 2.45) is 0 Å². The number of thiophene rings is 1. The number of para-hydroxylation sites is 1. The van der Waals surface area contributed by atoms with Gasteiger partial charge in [0.2, 0.25) is 0 Å². The second-order valence-electron chi connectivity index (χ2n) is 7.41. The van der Waals surface area contributed by atoms with Crippen molar-refractivity contribution in [1.82, 2.24) is 14.7 Å². The second kappa shape index (κ2) is 9.27. The van der Waals surface area contributed by atoms with E-state index in [1.165, 1.54) is 11.3 Å². The molecule has 2 heterocycles. The highest BCUT2D eigenvalue weighted by Crippen LogP contribution is 2.30. The van der Waals surface area contributed by atoms with Gasteiger partial charge in [0.25, 0.3) is 5.91 Å². The Balaban J connectivity index is 2.08. The Morgan fingerprint density at radius 1 is 1.14 bits per heavy atom. The lowest BCUT2D eigenvalue weighted by atomic mass is 10.1. The van der Waals surface area contributed by atoms with Crippen LogP contribution in [-0.4, -0.2) is 40.7 Å². The van der Waals surface area contributed by atoms with E-state index in [4.69, 9.17) is 5.10 Å². The molecule has 3 aromatic rings. The molecule has 0 unspecified atom stereocenters. The van der Waals surface area contributed by atoms with Gasteiger partial charge in [-0.25, -0.2) is 4.68 Å². The van der Waals surface area contributed by atoms with Crippen molar-refractivity contribution >= 4 is 23.1 Å². The number of hydrogen-bond donors (Lipinski definition) is 0. The quantitative estimate of drug-likeness (QED) is 0.525. The third kappa shape index (κ3) is 4.37. The van der Waals surface area contributed by atoms with Crippen LogP contribution in [0.1, 0.15) is 48.1 Å². The molecule has 0 fully saturated rings. The van der Waals surface area contributed by atoms with Crippen LogP contribution in [-0.2, 0) is 13.0 Å². The number of hydrogen-bond acceptors (Lipinski definition) is 4. The first kappa shape index (κ1) is 21.1. The molecule has 29 heavy (non-hydrogen) atoms.